The molecular weight excluding hydrogens is 520 g/mol. The van der Waals surface area contributed by atoms with E-state index >= 15 is 0 Å². The molecule has 0 aromatic heterocycles. The first-order valence-corrected chi connectivity index (χ1v) is 14.4. The molecule has 1 heterocycles. The summed E-state index contributed by atoms with van der Waals surface area (Å²) in [5.74, 6) is -0.0209. The Bertz CT molecular complexity index is 1040. The van der Waals surface area contributed by atoms with Crippen molar-refractivity contribution >= 4 is 41.7 Å². The minimum Gasteiger partial charge on any atom is -0.379 e. The first kappa shape index (κ1) is 27.6. The Morgan fingerprint density at radius 2 is 1.66 bits per heavy atom. The first-order chi connectivity index (χ1) is 14.5. The molecule has 0 bridgehead atoms. The van der Waals surface area contributed by atoms with Crippen LogP contribution in [0.15, 0.2) is 24.3 Å². The standard InChI is InChI=1S/C12H20BO15P3S/c1-8-2-4-9(5-3-8)25-32(21,22)26-10-6-12(13)24-11(10)7-23-30(17,18)28-31(19,20)27-29(14,15)16/h2-5,10-12H,6-7,13H2,1H3,(H,17,18)(H,19,20)(H2,14,15,16). The lowest BCUT2D eigenvalue weighted by molar-refractivity contribution is 0.00259. The average molecular weight is 540 g/mol. The largest absolute Gasteiger partial charge is 0.490 e. The molecule has 0 aliphatic carbocycles. The molecule has 1 fully saturated rings. The van der Waals surface area contributed by atoms with Gasteiger partial charge in [0.05, 0.1) is 6.61 Å². The van der Waals surface area contributed by atoms with E-state index in [4.69, 9.17) is 27.8 Å². The van der Waals surface area contributed by atoms with Crippen LogP contribution in [0.5, 0.6) is 5.75 Å². The lowest BCUT2D eigenvalue weighted by Crippen LogP contribution is -2.32. The van der Waals surface area contributed by atoms with Crippen LogP contribution in [0.1, 0.15) is 12.0 Å². The van der Waals surface area contributed by atoms with E-state index in [1.54, 1.807) is 26.9 Å². The van der Waals surface area contributed by atoms with Gasteiger partial charge in [-0.05, 0) is 25.5 Å². The second-order valence-corrected chi connectivity index (χ2v) is 12.1. The predicted octanol–water partition coefficient (Wildman–Crippen LogP) is 0.0952. The molecule has 5 atom stereocenters. The predicted molar refractivity (Wildman–Crippen MR) is 107 cm³/mol. The molecule has 1 aliphatic rings. The molecule has 5 unspecified atom stereocenters. The summed E-state index contributed by atoms with van der Waals surface area (Å²) in [7, 11) is -19.7. The van der Waals surface area contributed by atoms with Crippen LogP contribution in [-0.2, 0) is 46.2 Å². The molecule has 1 saturated heterocycles. The number of ether oxygens (including phenoxy) is 1. The normalized spacial score (nSPS) is 25.7. The van der Waals surface area contributed by atoms with Crippen LogP contribution in [0.4, 0.5) is 0 Å². The molecular formula is C12H20BO15P3S. The fourth-order valence-electron chi connectivity index (χ4n) is 2.52. The minimum absolute atomic E-state index is 0.0148. The topological polar surface area (TPSA) is 222 Å². The molecule has 2 rings (SSSR count). The summed E-state index contributed by atoms with van der Waals surface area (Å²) in [6.07, 6.45) is -2.47. The number of benzene rings is 1. The zero-order chi connectivity index (χ0) is 24.4. The van der Waals surface area contributed by atoms with Crippen molar-refractivity contribution in [2.24, 2.45) is 0 Å². The van der Waals surface area contributed by atoms with Crippen LogP contribution in [0.25, 0.3) is 0 Å². The van der Waals surface area contributed by atoms with Gasteiger partial charge in [-0.15, -0.1) is 0 Å². The van der Waals surface area contributed by atoms with Crippen molar-refractivity contribution in [1.82, 2.24) is 0 Å². The van der Waals surface area contributed by atoms with Crippen molar-refractivity contribution < 1.29 is 67.9 Å². The molecule has 0 spiro atoms. The van der Waals surface area contributed by atoms with E-state index in [-0.39, 0.29) is 12.2 Å². The lowest BCUT2D eigenvalue weighted by Gasteiger charge is -2.21. The summed E-state index contributed by atoms with van der Waals surface area (Å²) in [5.41, 5.74) is 0.861. The van der Waals surface area contributed by atoms with Crippen LogP contribution in [0, 0.1) is 6.92 Å². The molecule has 1 aromatic carbocycles. The highest BCUT2D eigenvalue weighted by atomic mass is 32.3. The van der Waals surface area contributed by atoms with E-state index in [1.165, 1.54) is 12.1 Å². The molecule has 1 aliphatic heterocycles. The van der Waals surface area contributed by atoms with Crippen molar-refractivity contribution in [2.75, 3.05) is 6.61 Å². The molecule has 20 heteroatoms. The number of phosphoric ester groups is 1. The molecule has 182 valence electrons. The SMILES string of the molecule is BC1CC(OS(=O)(=O)Oc2ccc(C)cc2)C(COP(=O)(O)OP(=O)(O)OP(=O)(O)O)O1. The minimum atomic E-state index is -5.69. The second-order valence-electron chi connectivity index (χ2n) is 6.55. The summed E-state index contributed by atoms with van der Waals surface area (Å²) in [5, 5.41) is 0. The molecule has 0 saturated carbocycles. The van der Waals surface area contributed by atoms with Crippen LogP contribution in [-0.4, -0.2) is 60.7 Å². The van der Waals surface area contributed by atoms with E-state index in [1.807, 2.05) is 0 Å². The zero-order valence-electron chi connectivity index (χ0n) is 16.5. The number of hydrogen-bond donors (Lipinski definition) is 4. The Hall–Kier alpha value is -0.635. The Morgan fingerprint density at radius 1 is 1.06 bits per heavy atom. The van der Waals surface area contributed by atoms with Crippen LogP contribution in [0.2, 0.25) is 0 Å². The molecule has 0 radical (unpaired) electrons. The highest BCUT2D eigenvalue weighted by molar-refractivity contribution is 7.82. The third kappa shape index (κ3) is 9.70. The Morgan fingerprint density at radius 3 is 2.22 bits per heavy atom. The van der Waals surface area contributed by atoms with Gasteiger partial charge < -0.3 is 28.5 Å². The van der Waals surface area contributed by atoms with Crippen molar-refractivity contribution in [3.05, 3.63) is 29.8 Å². The van der Waals surface area contributed by atoms with Crippen molar-refractivity contribution in [3.63, 3.8) is 0 Å². The fraction of sp³-hybridized carbons (Fsp3) is 0.500. The van der Waals surface area contributed by atoms with Crippen LogP contribution < -0.4 is 4.18 Å². The molecule has 32 heavy (non-hydrogen) atoms. The highest BCUT2D eigenvalue weighted by Gasteiger charge is 2.43. The summed E-state index contributed by atoms with van der Waals surface area (Å²) in [6, 6.07) is 5.45. The third-order valence-corrected chi connectivity index (χ3v) is 8.35. The van der Waals surface area contributed by atoms with E-state index in [0.717, 1.165) is 5.56 Å². The molecule has 1 aromatic rings. The molecule has 15 nitrogen and oxygen atoms in total. The average Bonchev–Trinajstić information content (AvgIpc) is 2.90. The second kappa shape index (κ2) is 10.3. The lowest BCUT2D eigenvalue weighted by atomic mass is 9.96. The number of aryl methyl sites for hydroxylation is 1. The summed E-state index contributed by atoms with van der Waals surface area (Å²) in [4.78, 5) is 35.7. The van der Waals surface area contributed by atoms with Gasteiger partial charge in [-0.2, -0.15) is 17.0 Å². The Balaban J connectivity index is 1.99. The number of hydrogen-bond acceptors (Lipinski definition) is 11. The van der Waals surface area contributed by atoms with Gasteiger partial charge in [-0.25, -0.2) is 17.9 Å². The van der Waals surface area contributed by atoms with Crippen molar-refractivity contribution in [3.8, 4) is 5.75 Å². The monoisotopic (exact) mass is 540 g/mol. The number of phosphoric acid groups is 3. The van der Waals surface area contributed by atoms with Crippen LogP contribution in [0.3, 0.4) is 0 Å². The Kier molecular flexibility index (Phi) is 8.91. The van der Waals surface area contributed by atoms with Gasteiger partial charge in [-0.3, -0.25) is 4.52 Å². The van der Waals surface area contributed by atoms with Gasteiger partial charge in [0.15, 0.2) is 0 Å². The summed E-state index contributed by atoms with van der Waals surface area (Å²) >= 11 is 0. The highest BCUT2D eigenvalue weighted by Crippen LogP contribution is 2.66. The van der Waals surface area contributed by atoms with E-state index in [0.29, 0.717) is 0 Å². The summed E-state index contributed by atoms with van der Waals surface area (Å²) < 4.78 is 84.9. The third-order valence-electron chi connectivity index (χ3n) is 3.66. The fourth-order valence-corrected chi connectivity index (χ4v) is 6.44. The summed E-state index contributed by atoms with van der Waals surface area (Å²) in [6.45, 7) is 0.924. The Labute approximate surface area is 183 Å². The van der Waals surface area contributed by atoms with Gasteiger partial charge in [-0.1, -0.05) is 17.7 Å². The van der Waals surface area contributed by atoms with Gasteiger partial charge >= 0.3 is 33.9 Å². The maximum Gasteiger partial charge on any atom is 0.490 e. The first-order valence-electron chi connectivity index (χ1n) is 8.58. The van der Waals surface area contributed by atoms with Crippen molar-refractivity contribution in [1.29, 1.82) is 0 Å². The zero-order valence-corrected chi connectivity index (χ0v) is 20.0. The van der Waals surface area contributed by atoms with Crippen molar-refractivity contribution in [2.45, 2.75) is 31.6 Å². The van der Waals surface area contributed by atoms with Gasteiger partial charge in [0, 0.05) is 6.00 Å². The van der Waals surface area contributed by atoms with Gasteiger partial charge in [0.2, 0.25) is 0 Å². The smallest absolute Gasteiger partial charge is 0.379 e. The maximum absolute atomic E-state index is 12.2. The number of rotatable bonds is 11. The molecule has 0 amide bonds. The van der Waals surface area contributed by atoms with Gasteiger partial charge in [0.25, 0.3) is 0 Å². The maximum atomic E-state index is 12.2. The molecule has 4 N–H and O–H groups in total. The quantitative estimate of drug-likeness (QED) is 0.216. The van der Waals surface area contributed by atoms with Crippen LogP contribution >= 0.6 is 23.5 Å². The van der Waals surface area contributed by atoms with Gasteiger partial charge in [0.1, 0.15) is 25.8 Å². The van der Waals surface area contributed by atoms with E-state index in [2.05, 4.69) is 13.1 Å². The van der Waals surface area contributed by atoms with E-state index in [9.17, 15) is 27.0 Å². The van der Waals surface area contributed by atoms with E-state index < -0.39 is 58.7 Å².